The van der Waals surface area contributed by atoms with Crippen molar-refractivity contribution < 1.29 is 8.78 Å². The maximum absolute atomic E-state index is 13.9. The van der Waals surface area contributed by atoms with Gasteiger partial charge in [0.25, 0.3) is 22.2 Å². The van der Waals surface area contributed by atoms with Crippen LogP contribution in [0.5, 0.6) is 0 Å². The summed E-state index contributed by atoms with van der Waals surface area (Å²) in [5, 5.41) is 10.3. The van der Waals surface area contributed by atoms with E-state index >= 15 is 0 Å². The van der Waals surface area contributed by atoms with Crippen LogP contribution < -0.4 is 64.8 Å². The van der Waals surface area contributed by atoms with Gasteiger partial charge in [-0.3, -0.25) is 37.4 Å². The normalized spacial score (nSPS) is 20.1. The number of nitrogens with zero attached hydrogens (tertiary/aromatic N) is 13. The highest BCUT2D eigenvalue weighted by Crippen LogP contribution is 2.55. The van der Waals surface area contributed by atoms with Crippen LogP contribution in [-0.2, 0) is 19.3 Å². The molecule has 8 heterocycles. The van der Waals surface area contributed by atoms with E-state index in [1.54, 1.807) is 82.5 Å². The second-order valence-corrected chi connectivity index (χ2v) is 38.9. The molecule has 4 aliphatic heterocycles. The van der Waals surface area contributed by atoms with Crippen molar-refractivity contribution in [2.45, 2.75) is 177 Å². The number of aryl methyl sites for hydroxylation is 4. The first-order chi connectivity index (χ1) is 61.1. The van der Waals surface area contributed by atoms with Gasteiger partial charge < -0.3 is 42.5 Å². The van der Waals surface area contributed by atoms with Crippen LogP contribution in [0.15, 0.2) is 153 Å². The van der Waals surface area contributed by atoms with Crippen LogP contribution in [0.25, 0.3) is 22.7 Å². The molecule has 4 aromatic heterocycles. The quantitative estimate of drug-likeness (QED) is 0.103. The number of aromatic nitrogens is 8. The molecule has 1 saturated carbocycles. The highest BCUT2D eigenvalue weighted by molar-refractivity contribution is 6.43. The summed E-state index contributed by atoms with van der Waals surface area (Å²) in [5.74, 6) is 4.70. The lowest BCUT2D eigenvalue weighted by Gasteiger charge is -2.43. The average Bonchev–Trinajstić information content (AvgIpc) is 1.53. The zero-order valence-corrected chi connectivity index (χ0v) is 78.3. The summed E-state index contributed by atoms with van der Waals surface area (Å²) in [6, 6.07) is 43.8. The minimum absolute atomic E-state index is 0.00878. The number of nitriles is 1. The number of anilines is 4. The largest absolute Gasteiger partial charge is 0.356 e. The van der Waals surface area contributed by atoms with E-state index in [0.29, 0.717) is 107 Å². The number of hydrogen-bond acceptors (Lipinski definition) is 17. The number of rotatable bonds is 8. The van der Waals surface area contributed by atoms with Crippen molar-refractivity contribution in [3.63, 3.8) is 0 Å². The van der Waals surface area contributed by atoms with Crippen LogP contribution in [0.4, 0.5) is 32.1 Å². The Morgan fingerprint density at radius 3 is 1.02 bits per heavy atom. The molecule has 8 aliphatic rings. The van der Waals surface area contributed by atoms with Crippen LogP contribution >= 0.6 is 69.6 Å². The van der Waals surface area contributed by atoms with Gasteiger partial charge in [-0.05, 0) is 255 Å². The summed E-state index contributed by atoms with van der Waals surface area (Å²) < 4.78 is 33.6. The molecule has 0 radical (unpaired) electrons. The first-order valence-corrected chi connectivity index (χ1v) is 46.2. The summed E-state index contributed by atoms with van der Waals surface area (Å²) in [4.78, 5) is 81.4. The monoisotopic (exact) mass is 1850 g/mol. The Balaban J connectivity index is 0.000000125. The number of piperidine rings is 4. The van der Waals surface area contributed by atoms with Gasteiger partial charge in [-0.2, -0.15) is 5.26 Å². The molecule has 0 amide bonds. The third-order valence-electron chi connectivity index (χ3n) is 29.3. The molecule has 5 fully saturated rings. The van der Waals surface area contributed by atoms with Crippen LogP contribution in [-0.4, -0.2) is 96.6 Å². The van der Waals surface area contributed by atoms with Crippen molar-refractivity contribution >= 4 is 92.9 Å². The van der Waals surface area contributed by atoms with E-state index in [1.807, 2.05) is 20.8 Å². The van der Waals surface area contributed by atoms with Crippen LogP contribution in [0, 0.1) is 113 Å². The zero-order chi connectivity index (χ0) is 91.2. The minimum Gasteiger partial charge on any atom is -0.356 e. The summed E-state index contributed by atoms with van der Waals surface area (Å²) in [5.41, 5.74) is 39.0. The molecule has 5 atom stereocenters. The lowest BCUT2D eigenvalue weighted by molar-refractivity contribution is 0.187. The van der Waals surface area contributed by atoms with Crippen molar-refractivity contribution in [3.8, 4) is 28.8 Å². The maximum atomic E-state index is 13.9. The average molecular weight is 1850 g/mol. The molecule has 8 N–H and O–H groups in total. The van der Waals surface area contributed by atoms with Crippen molar-refractivity contribution in [1.82, 2.24) is 38.2 Å². The molecule has 668 valence electrons. The van der Waals surface area contributed by atoms with Gasteiger partial charge in [-0.1, -0.05) is 161 Å². The molecule has 128 heavy (non-hydrogen) atoms. The Kier molecular flexibility index (Phi) is 25.8. The van der Waals surface area contributed by atoms with Gasteiger partial charge in [0.2, 0.25) is 0 Å². The summed E-state index contributed by atoms with van der Waals surface area (Å²) in [6.07, 6.45) is 13.2. The lowest BCUT2D eigenvalue weighted by atomic mass is 9.73. The van der Waals surface area contributed by atoms with E-state index in [-0.39, 0.29) is 88.2 Å². The van der Waals surface area contributed by atoms with Gasteiger partial charge in [-0.25, -0.2) is 28.7 Å². The van der Waals surface area contributed by atoms with Crippen LogP contribution in [0.1, 0.15) is 179 Å². The summed E-state index contributed by atoms with van der Waals surface area (Å²) >= 11 is 37.6. The Morgan fingerprint density at radius 2 is 0.680 bits per heavy atom. The second-order valence-electron chi connectivity index (χ2n) is 36.6. The van der Waals surface area contributed by atoms with E-state index in [9.17, 15) is 33.2 Å². The number of fused-ring (bicyclic) bond motifs is 3. The lowest BCUT2D eigenvalue weighted by Crippen LogP contribution is -2.47. The predicted octanol–water partition coefficient (Wildman–Crippen LogP) is 18.6. The van der Waals surface area contributed by atoms with Crippen molar-refractivity contribution in [1.29, 1.82) is 5.26 Å². The Hall–Kier alpha value is -9.81. The van der Waals surface area contributed by atoms with Crippen LogP contribution in [0.3, 0.4) is 0 Å². The van der Waals surface area contributed by atoms with E-state index in [2.05, 4.69) is 105 Å². The molecule has 4 spiro atoms. The SMILES string of the molecule is Cc1c(F)ccc(-n2c(C)nc(N3CCC4(CC3)Cc3ccccc3[C@H]4N)c(C)c2=O)c1Cl.Cc1c(N2CCC3(CC2)C[C@H](C)C[C@H]3N)nc(C)n(-c2cccc(Cl)c2Cl)c1=O.Cc1c(N2CCC3(CC2)Cc2ccccc2[C@H]3N)nc(C)n(-c2ccc(F)c(Cl)c2Cl)c1=O.Cc1c(N2CCC3(CC2)Cc2ccccc2[C@H]3N)nc(C)n(-c2cccc(C#N)c2Cl)c1=O. The van der Waals surface area contributed by atoms with Crippen molar-refractivity contribution in [2.24, 2.45) is 50.5 Å². The first kappa shape index (κ1) is 91.5. The van der Waals surface area contributed by atoms with Crippen LogP contribution in [0.2, 0.25) is 30.1 Å². The topological polar surface area (TPSA) is 280 Å². The Bertz CT molecular complexity index is 6310. The molecular formula is C99H107Cl6F2N17O4. The number of nitrogens with two attached hydrogens (primary N) is 4. The number of halogens is 8. The Labute approximate surface area is 774 Å². The van der Waals surface area contributed by atoms with Crippen molar-refractivity contribution in [2.75, 3.05) is 72.0 Å². The molecular weight excluding hydrogens is 1740 g/mol. The number of hydrogen-bond donors (Lipinski definition) is 4. The molecule has 21 nitrogen and oxygen atoms in total. The molecule has 0 unspecified atom stereocenters. The van der Waals surface area contributed by atoms with Gasteiger partial charge >= 0.3 is 0 Å². The molecule has 7 aromatic carbocycles. The molecule has 0 bridgehead atoms. The van der Waals surface area contributed by atoms with E-state index < -0.39 is 11.6 Å². The summed E-state index contributed by atoms with van der Waals surface area (Å²) in [7, 11) is 0. The van der Waals surface area contributed by atoms with Gasteiger partial charge in [0.1, 0.15) is 64.3 Å². The Morgan fingerprint density at radius 1 is 0.367 bits per heavy atom. The first-order valence-electron chi connectivity index (χ1n) is 43.9. The van der Waals surface area contributed by atoms with Gasteiger partial charge in [0, 0.05) is 82.1 Å². The van der Waals surface area contributed by atoms with E-state index in [4.69, 9.17) is 112 Å². The van der Waals surface area contributed by atoms with Crippen molar-refractivity contribution in [3.05, 3.63) is 307 Å². The van der Waals surface area contributed by atoms with Gasteiger partial charge in [0.15, 0.2) is 0 Å². The van der Waals surface area contributed by atoms with E-state index in [1.165, 1.54) is 77.8 Å². The van der Waals surface area contributed by atoms with Gasteiger partial charge in [-0.15, -0.1) is 0 Å². The fourth-order valence-corrected chi connectivity index (χ4v) is 23.1. The molecule has 4 saturated heterocycles. The molecule has 29 heteroatoms. The third-order valence-corrected chi connectivity index (χ3v) is 31.9. The maximum Gasteiger partial charge on any atom is 0.263 e. The minimum atomic E-state index is -0.632. The molecule has 11 aromatic rings. The highest BCUT2D eigenvalue weighted by Gasteiger charge is 2.51. The zero-order valence-electron chi connectivity index (χ0n) is 73.7. The fourth-order valence-electron chi connectivity index (χ4n) is 21.9. The highest BCUT2D eigenvalue weighted by atomic mass is 35.5. The number of benzene rings is 7. The predicted molar refractivity (Wildman–Crippen MR) is 510 cm³/mol. The standard InChI is InChI=1S/C26H28ClFN4O.C26H26ClN5O.C25H25Cl2FN4O.C22H28Cl2N4O/c1-15-20(28)8-9-21(22(15)27)32-17(3)30-24(16(2)25(32)33)31-12-10-26(11-13-31)14-18-6-4-5-7-19(18)23(26)29;1-16-24(30-17(2)32(25(16)33)21-9-5-7-19(15-28)22(21)27)31-12-10-26(11-13-31)14-18-6-3-4-8-20(18)23(26)29;1-14-23(30-15(2)32(24(14)33)19-8-7-18(28)20(26)21(19)27)31-11-9-25(10-12-31)13-16-5-3-4-6-17(16)22(25)29;1-13-11-18(25)22(12-13)7-9-27(10-8-22)20-14(2)21(29)28(15(3)26-20)17-6-4-5-16(23)19(17)24/h4-9,23H,10-14,29H2,1-3H3;3-9,23H,10-14,29H2,1-2H3;3-8,22H,9-13,29H2,1-2H3;4-6,13,18H,7-12,25H2,1-3H3/t2*23-;22-;13-,18-/m1111/s1. The smallest absolute Gasteiger partial charge is 0.263 e. The fraction of sp³-hybridized carbons (Fsp3) is 0.404. The van der Waals surface area contributed by atoms with Gasteiger partial charge in [0.05, 0.1) is 80.7 Å². The third kappa shape index (κ3) is 16.3. The molecule has 4 aliphatic carbocycles. The second kappa shape index (κ2) is 36.2. The van der Waals surface area contributed by atoms with E-state index in [0.717, 1.165) is 141 Å². The summed E-state index contributed by atoms with van der Waals surface area (Å²) in [6.45, 7) is 24.8. The molecule has 19 rings (SSSR count).